The zero-order valence-electron chi connectivity index (χ0n) is 13.9. The van der Waals surface area contributed by atoms with E-state index in [2.05, 4.69) is 17.3 Å². The predicted octanol–water partition coefficient (Wildman–Crippen LogP) is 2.77. The number of nitrogens with one attached hydrogen (secondary N) is 1. The smallest absolute Gasteiger partial charge is 0.329 e. The molecule has 1 saturated carbocycles. The lowest BCUT2D eigenvalue weighted by Gasteiger charge is -2.36. The van der Waals surface area contributed by atoms with Crippen molar-refractivity contribution < 1.29 is 19.1 Å². The van der Waals surface area contributed by atoms with Gasteiger partial charge in [-0.3, -0.25) is 4.79 Å². The summed E-state index contributed by atoms with van der Waals surface area (Å²) in [6.07, 6.45) is 3.75. The van der Waals surface area contributed by atoms with Crippen molar-refractivity contribution in [3.63, 3.8) is 0 Å². The molecule has 1 amide bonds. The van der Waals surface area contributed by atoms with Crippen LogP contribution in [0.25, 0.3) is 5.69 Å². The Morgan fingerprint density at radius 3 is 2.60 bits per heavy atom. The number of para-hydroxylation sites is 1. The lowest BCUT2D eigenvalue weighted by molar-refractivity contribution is -0.146. The maximum atomic E-state index is 13.8. The number of benzene rings is 1. The summed E-state index contributed by atoms with van der Waals surface area (Å²) in [4.78, 5) is 24.2. The number of rotatable bonds is 4. The summed E-state index contributed by atoms with van der Waals surface area (Å²) in [7, 11) is 0. The van der Waals surface area contributed by atoms with Crippen molar-refractivity contribution in [1.29, 1.82) is 0 Å². The summed E-state index contributed by atoms with van der Waals surface area (Å²) >= 11 is 0. The number of hydrogen-bond acceptors (Lipinski definition) is 3. The number of aromatic nitrogens is 2. The topological polar surface area (TPSA) is 84.2 Å². The normalized spacial score (nSPS) is 23.2. The number of carbonyl (C=O) groups excluding carboxylic acids is 1. The number of amides is 1. The van der Waals surface area contributed by atoms with Crippen LogP contribution in [-0.4, -0.2) is 32.3 Å². The molecule has 0 bridgehead atoms. The molecule has 0 unspecified atom stereocenters. The highest BCUT2D eigenvalue weighted by molar-refractivity contribution is 5.96. The third-order valence-electron chi connectivity index (χ3n) is 4.81. The fourth-order valence-corrected chi connectivity index (χ4v) is 3.15. The first-order valence-electron chi connectivity index (χ1n) is 8.28. The zero-order valence-corrected chi connectivity index (χ0v) is 13.9. The average molecular weight is 345 g/mol. The van der Waals surface area contributed by atoms with E-state index in [-0.39, 0.29) is 11.4 Å². The second kappa shape index (κ2) is 6.66. The molecule has 1 fully saturated rings. The molecule has 0 atom stereocenters. The van der Waals surface area contributed by atoms with E-state index in [1.807, 2.05) is 0 Å². The Morgan fingerprint density at radius 2 is 1.96 bits per heavy atom. The van der Waals surface area contributed by atoms with Crippen LogP contribution in [0.1, 0.15) is 43.1 Å². The zero-order chi connectivity index (χ0) is 18.0. The molecule has 132 valence electrons. The van der Waals surface area contributed by atoms with E-state index < -0.39 is 23.2 Å². The van der Waals surface area contributed by atoms with Crippen LogP contribution in [0.15, 0.2) is 36.5 Å². The summed E-state index contributed by atoms with van der Waals surface area (Å²) in [5.41, 5.74) is -0.978. The van der Waals surface area contributed by atoms with Gasteiger partial charge in [-0.15, -0.1) is 0 Å². The molecule has 1 aliphatic carbocycles. The van der Waals surface area contributed by atoms with Gasteiger partial charge in [-0.1, -0.05) is 19.1 Å². The number of carbonyl (C=O) groups is 2. The van der Waals surface area contributed by atoms with Crippen LogP contribution in [0, 0.1) is 11.7 Å². The summed E-state index contributed by atoms with van der Waals surface area (Å²) in [5.74, 6) is -1.60. The third-order valence-corrected chi connectivity index (χ3v) is 4.81. The van der Waals surface area contributed by atoms with Gasteiger partial charge < -0.3 is 10.4 Å². The molecular formula is C18H20FN3O3. The lowest BCUT2D eigenvalue weighted by Crippen LogP contribution is -2.56. The standard InChI is InChI=1S/C18H20FN3O3/c1-12-6-9-18(10-7-12,17(24)25)20-16(23)14-8-11-22(21-14)15-5-3-2-4-13(15)19/h2-5,8,11-12H,6-7,9-10H2,1H3,(H,20,23)(H,24,25). The van der Waals surface area contributed by atoms with Crippen LogP contribution in [0.4, 0.5) is 4.39 Å². The van der Waals surface area contributed by atoms with Crippen LogP contribution in [0.2, 0.25) is 0 Å². The van der Waals surface area contributed by atoms with E-state index >= 15 is 0 Å². The molecule has 2 aromatic rings. The highest BCUT2D eigenvalue weighted by atomic mass is 19.1. The van der Waals surface area contributed by atoms with Crippen molar-refractivity contribution in [2.75, 3.05) is 0 Å². The van der Waals surface area contributed by atoms with Crippen molar-refractivity contribution in [2.24, 2.45) is 5.92 Å². The molecule has 25 heavy (non-hydrogen) atoms. The van der Waals surface area contributed by atoms with E-state index in [9.17, 15) is 19.1 Å². The molecule has 2 N–H and O–H groups in total. The Morgan fingerprint density at radius 1 is 1.28 bits per heavy atom. The molecule has 0 spiro atoms. The van der Waals surface area contributed by atoms with Gasteiger partial charge in [-0.2, -0.15) is 5.10 Å². The number of aliphatic carboxylic acids is 1. The second-order valence-electron chi connectivity index (χ2n) is 6.62. The first-order valence-corrected chi connectivity index (χ1v) is 8.28. The van der Waals surface area contributed by atoms with Gasteiger partial charge in [0.05, 0.1) is 0 Å². The molecule has 1 heterocycles. The fourth-order valence-electron chi connectivity index (χ4n) is 3.15. The van der Waals surface area contributed by atoms with Crippen LogP contribution < -0.4 is 5.32 Å². The highest BCUT2D eigenvalue weighted by Gasteiger charge is 2.42. The summed E-state index contributed by atoms with van der Waals surface area (Å²) < 4.78 is 15.1. The largest absolute Gasteiger partial charge is 0.480 e. The summed E-state index contributed by atoms with van der Waals surface area (Å²) in [6.45, 7) is 2.07. The van der Waals surface area contributed by atoms with Gasteiger partial charge in [0.2, 0.25) is 0 Å². The van der Waals surface area contributed by atoms with Crippen molar-refractivity contribution in [1.82, 2.24) is 15.1 Å². The van der Waals surface area contributed by atoms with Gasteiger partial charge in [0, 0.05) is 6.20 Å². The maximum absolute atomic E-state index is 13.8. The Labute approximate surface area is 144 Å². The number of hydrogen-bond donors (Lipinski definition) is 2. The van der Waals surface area contributed by atoms with Gasteiger partial charge in [-0.25, -0.2) is 13.9 Å². The Kier molecular flexibility index (Phi) is 4.57. The van der Waals surface area contributed by atoms with Gasteiger partial charge in [0.25, 0.3) is 5.91 Å². The van der Waals surface area contributed by atoms with Crippen LogP contribution in [-0.2, 0) is 4.79 Å². The number of carboxylic acid groups (broad SMARTS) is 1. The van der Waals surface area contributed by atoms with Gasteiger partial charge in [-0.05, 0) is 49.8 Å². The fraction of sp³-hybridized carbons (Fsp3) is 0.389. The third kappa shape index (κ3) is 3.40. The van der Waals surface area contributed by atoms with Crippen molar-refractivity contribution >= 4 is 11.9 Å². The minimum absolute atomic E-state index is 0.0579. The Balaban J connectivity index is 1.80. The molecule has 7 heteroatoms. The van der Waals surface area contributed by atoms with Crippen molar-refractivity contribution in [3.8, 4) is 5.69 Å². The second-order valence-corrected chi connectivity index (χ2v) is 6.62. The van der Waals surface area contributed by atoms with Crippen molar-refractivity contribution in [3.05, 3.63) is 48.0 Å². The minimum Gasteiger partial charge on any atom is -0.480 e. The van der Waals surface area contributed by atoms with E-state index in [0.29, 0.717) is 18.8 Å². The number of nitrogens with zero attached hydrogens (tertiary/aromatic N) is 2. The van der Waals surface area contributed by atoms with E-state index in [0.717, 1.165) is 12.8 Å². The minimum atomic E-state index is -1.26. The molecule has 1 aromatic heterocycles. The number of carboxylic acids is 1. The van der Waals surface area contributed by atoms with Gasteiger partial charge in [0.15, 0.2) is 5.69 Å². The van der Waals surface area contributed by atoms with Crippen LogP contribution >= 0.6 is 0 Å². The van der Waals surface area contributed by atoms with Crippen LogP contribution in [0.5, 0.6) is 0 Å². The van der Waals surface area contributed by atoms with Crippen molar-refractivity contribution in [2.45, 2.75) is 38.1 Å². The molecule has 0 aliphatic heterocycles. The van der Waals surface area contributed by atoms with E-state index in [1.54, 1.807) is 18.2 Å². The predicted molar refractivity (Wildman–Crippen MR) is 89.0 cm³/mol. The Hall–Kier alpha value is -2.70. The van der Waals surface area contributed by atoms with E-state index in [1.165, 1.54) is 23.0 Å². The SMILES string of the molecule is CC1CCC(NC(=O)c2ccn(-c3ccccc3F)n2)(C(=O)O)CC1. The highest BCUT2D eigenvalue weighted by Crippen LogP contribution is 2.32. The maximum Gasteiger partial charge on any atom is 0.329 e. The molecule has 0 saturated heterocycles. The quantitative estimate of drug-likeness (QED) is 0.892. The summed E-state index contributed by atoms with van der Waals surface area (Å²) in [6, 6.07) is 7.53. The summed E-state index contributed by atoms with van der Waals surface area (Å²) in [5, 5.41) is 16.3. The lowest BCUT2D eigenvalue weighted by atomic mass is 9.77. The monoisotopic (exact) mass is 345 g/mol. The molecule has 6 nitrogen and oxygen atoms in total. The molecule has 1 aliphatic rings. The van der Waals surface area contributed by atoms with Gasteiger partial charge in [0.1, 0.15) is 17.0 Å². The molecule has 3 rings (SSSR count). The molecule has 0 radical (unpaired) electrons. The Bertz CT molecular complexity index is 794. The van der Waals surface area contributed by atoms with E-state index in [4.69, 9.17) is 0 Å². The first-order chi connectivity index (χ1) is 11.9. The van der Waals surface area contributed by atoms with Crippen LogP contribution in [0.3, 0.4) is 0 Å². The van der Waals surface area contributed by atoms with Gasteiger partial charge >= 0.3 is 5.97 Å². The first kappa shape index (κ1) is 17.1. The average Bonchev–Trinajstić information content (AvgIpc) is 3.07. The molecule has 1 aromatic carbocycles. The molecular weight excluding hydrogens is 325 g/mol. The number of halogens is 1.